The van der Waals surface area contributed by atoms with Gasteiger partial charge in [0, 0.05) is 6.54 Å². The summed E-state index contributed by atoms with van der Waals surface area (Å²) in [6.45, 7) is 0.456. The molecule has 0 radical (unpaired) electrons. The first-order chi connectivity index (χ1) is 11.5. The molecule has 1 heterocycles. The first-order valence-electron chi connectivity index (χ1n) is 7.83. The van der Waals surface area contributed by atoms with E-state index in [-0.39, 0.29) is 4.90 Å². The Kier molecular flexibility index (Phi) is 4.57. The zero-order chi connectivity index (χ0) is 17.2. The number of aryl methyl sites for hydroxylation is 1. The van der Waals surface area contributed by atoms with E-state index in [1.165, 1.54) is 35.7 Å². The molecule has 24 heavy (non-hydrogen) atoms. The molecule has 0 amide bonds. The fraction of sp³-hybridized carbons (Fsp3) is 0.278. The van der Waals surface area contributed by atoms with E-state index in [9.17, 15) is 13.2 Å². The molecule has 126 valence electrons. The summed E-state index contributed by atoms with van der Waals surface area (Å²) < 4.78 is 32.2. The third-order valence-corrected chi connectivity index (χ3v) is 6.01. The first kappa shape index (κ1) is 16.5. The average Bonchev–Trinajstić information content (AvgIpc) is 2.84. The molecule has 2 aromatic rings. The number of carbonyl (C=O) groups is 1. The highest BCUT2D eigenvalue weighted by Gasteiger charge is 2.27. The molecule has 0 saturated heterocycles. The van der Waals surface area contributed by atoms with Crippen molar-refractivity contribution in [1.29, 1.82) is 0 Å². The second-order valence-electron chi connectivity index (χ2n) is 5.68. The van der Waals surface area contributed by atoms with Gasteiger partial charge in [0.05, 0.1) is 23.3 Å². The van der Waals surface area contributed by atoms with Crippen molar-refractivity contribution in [2.45, 2.75) is 24.2 Å². The molecule has 0 bridgehead atoms. The van der Waals surface area contributed by atoms with Crippen molar-refractivity contribution in [3.8, 4) is 0 Å². The van der Waals surface area contributed by atoms with Gasteiger partial charge in [-0.25, -0.2) is 13.2 Å². The minimum Gasteiger partial charge on any atom is -0.465 e. The van der Waals surface area contributed by atoms with Crippen LogP contribution in [0.1, 0.15) is 28.8 Å². The summed E-state index contributed by atoms with van der Waals surface area (Å²) in [5, 5.41) is 0. The molecule has 0 spiro atoms. The number of fused-ring (bicyclic) bond motifs is 1. The van der Waals surface area contributed by atoms with E-state index < -0.39 is 16.0 Å². The normalized spacial score (nSPS) is 14.6. The molecule has 0 saturated carbocycles. The zero-order valence-electron chi connectivity index (χ0n) is 13.4. The molecule has 0 N–H and O–H groups in total. The van der Waals surface area contributed by atoms with Crippen LogP contribution in [0.15, 0.2) is 53.4 Å². The highest BCUT2D eigenvalue weighted by Crippen LogP contribution is 2.31. The lowest BCUT2D eigenvalue weighted by molar-refractivity contribution is 0.0600. The van der Waals surface area contributed by atoms with Crippen LogP contribution in [0.4, 0.5) is 5.69 Å². The van der Waals surface area contributed by atoms with Crippen LogP contribution in [-0.4, -0.2) is 28.0 Å². The molecule has 0 unspecified atom stereocenters. The Labute approximate surface area is 141 Å². The molecule has 0 atom stereocenters. The highest BCUT2D eigenvalue weighted by molar-refractivity contribution is 7.92. The smallest absolute Gasteiger partial charge is 0.337 e. The van der Waals surface area contributed by atoms with Gasteiger partial charge in [-0.05, 0) is 55.2 Å². The van der Waals surface area contributed by atoms with Crippen LogP contribution < -0.4 is 4.31 Å². The van der Waals surface area contributed by atoms with Crippen LogP contribution in [0.2, 0.25) is 0 Å². The molecular formula is C18H19NO4S. The van der Waals surface area contributed by atoms with Crippen molar-refractivity contribution in [2.75, 3.05) is 18.0 Å². The van der Waals surface area contributed by atoms with Gasteiger partial charge in [0.15, 0.2) is 0 Å². The van der Waals surface area contributed by atoms with Gasteiger partial charge in [-0.3, -0.25) is 4.31 Å². The van der Waals surface area contributed by atoms with Crippen LogP contribution >= 0.6 is 0 Å². The number of anilines is 1. The van der Waals surface area contributed by atoms with Gasteiger partial charge < -0.3 is 4.74 Å². The van der Waals surface area contributed by atoms with E-state index in [1.807, 2.05) is 24.3 Å². The van der Waals surface area contributed by atoms with Crippen molar-refractivity contribution in [2.24, 2.45) is 0 Å². The number of hydrogen-bond donors (Lipinski definition) is 0. The molecule has 0 aromatic heterocycles. The molecule has 0 aliphatic carbocycles. The van der Waals surface area contributed by atoms with Crippen LogP contribution in [0, 0.1) is 0 Å². The minimum atomic E-state index is -3.67. The number of methoxy groups -OCH3 is 1. The summed E-state index contributed by atoms with van der Waals surface area (Å²) in [7, 11) is -2.37. The number of carbonyl (C=O) groups excluding carboxylic acids is 1. The minimum absolute atomic E-state index is 0.173. The lowest BCUT2D eigenvalue weighted by atomic mass is 10.1. The summed E-state index contributed by atoms with van der Waals surface area (Å²) in [6.07, 6.45) is 2.65. The molecular weight excluding hydrogens is 326 g/mol. The summed E-state index contributed by atoms with van der Waals surface area (Å²) in [5.41, 5.74) is 2.12. The van der Waals surface area contributed by atoms with E-state index in [0.717, 1.165) is 30.5 Å². The van der Waals surface area contributed by atoms with Crippen LogP contribution in [0.5, 0.6) is 0 Å². The standard InChI is InChI=1S/C18H19NO4S/c1-23-18(20)15-9-11-16(12-10-15)24(21,22)19-13-5-4-7-14-6-2-3-8-17(14)19/h2-3,6,8-12H,4-5,7,13H2,1H3. The maximum Gasteiger partial charge on any atom is 0.337 e. The Bertz CT molecular complexity index is 844. The number of hydrogen-bond acceptors (Lipinski definition) is 4. The maximum atomic E-state index is 13.1. The van der Waals surface area contributed by atoms with Crippen LogP contribution in [-0.2, 0) is 21.2 Å². The van der Waals surface area contributed by atoms with Gasteiger partial charge in [0.25, 0.3) is 10.0 Å². The number of esters is 1. The highest BCUT2D eigenvalue weighted by atomic mass is 32.2. The van der Waals surface area contributed by atoms with Crippen molar-refractivity contribution < 1.29 is 17.9 Å². The molecule has 2 aromatic carbocycles. The molecule has 6 heteroatoms. The lowest BCUT2D eigenvalue weighted by Gasteiger charge is -2.24. The van der Waals surface area contributed by atoms with Gasteiger partial charge in [0.2, 0.25) is 0 Å². The second-order valence-corrected chi connectivity index (χ2v) is 7.54. The van der Waals surface area contributed by atoms with Crippen molar-refractivity contribution in [3.63, 3.8) is 0 Å². The fourth-order valence-electron chi connectivity index (χ4n) is 2.91. The maximum absolute atomic E-state index is 13.1. The quantitative estimate of drug-likeness (QED) is 0.802. The Morgan fingerprint density at radius 1 is 1.04 bits per heavy atom. The monoisotopic (exact) mass is 345 g/mol. The van der Waals surface area contributed by atoms with E-state index >= 15 is 0 Å². The van der Waals surface area contributed by atoms with Crippen molar-refractivity contribution in [1.82, 2.24) is 0 Å². The molecule has 1 aliphatic rings. The van der Waals surface area contributed by atoms with Crippen molar-refractivity contribution in [3.05, 3.63) is 59.7 Å². The number of ether oxygens (including phenoxy) is 1. The SMILES string of the molecule is COC(=O)c1ccc(S(=O)(=O)N2CCCCc3ccccc32)cc1. The number of para-hydroxylation sites is 1. The van der Waals surface area contributed by atoms with Crippen molar-refractivity contribution >= 4 is 21.7 Å². The van der Waals surface area contributed by atoms with E-state index in [0.29, 0.717) is 12.1 Å². The van der Waals surface area contributed by atoms with Gasteiger partial charge in [-0.1, -0.05) is 18.2 Å². The van der Waals surface area contributed by atoms with E-state index in [1.54, 1.807) is 0 Å². The van der Waals surface area contributed by atoms with E-state index in [4.69, 9.17) is 0 Å². The van der Waals surface area contributed by atoms with E-state index in [2.05, 4.69) is 4.74 Å². The third kappa shape index (κ3) is 3.01. The Balaban J connectivity index is 2.00. The summed E-state index contributed by atoms with van der Waals surface area (Å²) in [6, 6.07) is 13.5. The predicted octanol–water partition coefficient (Wildman–Crippen LogP) is 3.00. The van der Waals surface area contributed by atoms with Gasteiger partial charge in [-0.15, -0.1) is 0 Å². The number of benzene rings is 2. The Morgan fingerprint density at radius 3 is 2.46 bits per heavy atom. The number of sulfonamides is 1. The second kappa shape index (κ2) is 6.65. The third-order valence-electron chi connectivity index (χ3n) is 4.18. The lowest BCUT2D eigenvalue weighted by Crippen LogP contribution is -2.31. The first-order valence-corrected chi connectivity index (χ1v) is 9.27. The summed E-state index contributed by atoms with van der Waals surface area (Å²) >= 11 is 0. The van der Waals surface area contributed by atoms with Gasteiger partial charge in [-0.2, -0.15) is 0 Å². The molecule has 1 aliphatic heterocycles. The topological polar surface area (TPSA) is 63.7 Å². The number of nitrogens with zero attached hydrogens (tertiary/aromatic N) is 1. The Morgan fingerprint density at radius 2 is 1.75 bits per heavy atom. The van der Waals surface area contributed by atoms with Gasteiger partial charge in [0.1, 0.15) is 0 Å². The summed E-state index contributed by atoms with van der Waals surface area (Å²) in [5.74, 6) is -0.487. The number of rotatable bonds is 3. The average molecular weight is 345 g/mol. The largest absolute Gasteiger partial charge is 0.465 e. The van der Waals surface area contributed by atoms with Crippen LogP contribution in [0.25, 0.3) is 0 Å². The summed E-state index contributed by atoms with van der Waals surface area (Å²) in [4.78, 5) is 11.7. The Hall–Kier alpha value is -2.34. The molecule has 0 fully saturated rings. The van der Waals surface area contributed by atoms with Gasteiger partial charge >= 0.3 is 5.97 Å². The predicted molar refractivity (Wildman–Crippen MR) is 91.7 cm³/mol. The fourth-order valence-corrected chi connectivity index (χ4v) is 4.46. The molecule has 3 rings (SSSR count). The molecule has 5 nitrogen and oxygen atoms in total. The zero-order valence-corrected chi connectivity index (χ0v) is 14.3. The van der Waals surface area contributed by atoms with Crippen LogP contribution in [0.3, 0.4) is 0 Å².